The van der Waals surface area contributed by atoms with Crippen molar-refractivity contribution in [2.45, 2.75) is 23.3 Å². The maximum atomic E-state index is 13.9. The summed E-state index contributed by atoms with van der Waals surface area (Å²) in [5.41, 5.74) is -1.39. The van der Waals surface area contributed by atoms with Crippen LogP contribution in [0.15, 0.2) is 23.1 Å². The minimum atomic E-state index is -4.37. The van der Waals surface area contributed by atoms with E-state index in [4.69, 9.17) is 4.74 Å². The van der Waals surface area contributed by atoms with E-state index in [1.54, 1.807) is 0 Å². The number of ether oxygens (including phenoxy) is 1. The molecule has 0 spiro atoms. The van der Waals surface area contributed by atoms with E-state index < -0.39 is 36.9 Å². The van der Waals surface area contributed by atoms with E-state index in [0.29, 0.717) is 13.0 Å². The number of hydrogen-bond donors (Lipinski definition) is 2. The predicted molar refractivity (Wildman–Crippen MR) is 80.1 cm³/mol. The summed E-state index contributed by atoms with van der Waals surface area (Å²) in [5, 5.41) is 14.1. The highest BCUT2D eigenvalue weighted by Crippen LogP contribution is 2.27. The van der Waals surface area contributed by atoms with Crippen LogP contribution >= 0.6 is 0 Å². The molecule has 0 radical (unpaired) electrons. The van der Waals surface area contributed by atoms with Gasteiger partial charge in [-0.05, 0) is 25.5 Å². The number of rotatable bonds is 7. The van der Waals surface area contributed by atoms with Crippen LogP contribution < -0.4 is 10.0 Å². The van der Waals surface area contributed by atoms with Crippen molar-refractivity contribution < 1.29 is 22.5 Å². The van der Waals surface area contributed by atoms with Gasteiger partial charge in [-0.3, -0.25) is 10.1 Å². The summed E-state index contributed by atoms with van der Waals surface area (Å²) in [7, 11) is -2.87. The van der Waals surface area contributed by atoms with Crippen molar-refractivity contribution in [2.24, 2.45) is 0 Å². The minimum Gasteiger partial charge on any atom is -0.383 e. The maximum Gasteiger partial charge on any atom is 0.292 e. The number of nitro groups is 1. The van der Waals surface area contributed by atoms with Crippen molar-refractivity contribution in [2.75, 3.05) is 26.8 Å². The van der Waals surface area contributed by atoms with Crippen LogP contribution in [0.1, 0.15) is 12.8 Å². The van der Waals surface area contributed by atoms with E-state index in [9.17, 15) is 22.9 Å². The lowest BCUT2D eigenvalue weighted by Crippen LogP contribution is -2.53. The third-order valence-electron chi connectivity index (χ3n) is 3.76. The van der Waals surface area contributed by atoms with Gasteiger partial charge in [0.2, 0.25) is 10.0 Å². The summed E-state index contributed by atoms with van der Waals surface area (Å²) in [4.78, 5) is 9.09. The molecular weight excluding hydrogens is 329 g/mol. The van der Waals surface area contributed by atoms with Crippen LogP contribution in [0.25, 0.3) is 0 Å². The lowest BCUT2D eigenvalue weighted by atomic mass is 9.99. The largest absolute Gasteiger partial charge is 0.383 e. The van der Waals surface area contributed by atoms with Crippen molar-refractivity contribution in [1.82, 2.24) is 10.0 Å². The van der Waals surface area contributed by atoms with Crippen LogP contribution in [-0.2, 0) is 14.8 Å². The number of nitrogens with zero attached hydrogens (tertiary/aromatic N) is 1. The molecule has 23 heavy (non-hydrogen) atoms. The van der Waals surface area contributed by atoms with Gasteiger partial charge >= 0.3 is 0 Å². The molecule has 1 aliphatic rings. The Morgan fingerprint density at radius 1 is 1.52 bits per heavy atom. The SMILES string of the molecule is COCC1(CNS(=O)(=O)c2c(F)cccc2[N+](=O)[O-])CCCN1. The van der Waals surface area contributed by atoms with Gasteiger partial charge < -0.3 is 10.1 Å². The Morgan fingerprint density at radius 2 is 2.26 bits per heavy atom. The lowest BCUT2D eigenvalue weighted by molar-refractivity contribution is -0.388. The predicted octanol–water partition coefficient (Wildman–Crippen LogP) is 0.781. The first-order chi connectivity index (χ1) is 10.8. The van der Waals surface area contributed by atoms with E-state index in [1.165, 1.54) is 7.11 Å². The molecule has 1 aromatic rings. The van der Waals surface area contributed by atoms with Crippen LogP contribution in [-0.4, -0.2) is 45.7 Å². The molecule has 1 aliphatic heterocycles. The lowest BCUT2D eigenvalue weighted by Gasteiger charge is -2.28. The quantitative estimate of drug-likeness (QED) is 0.557. The first-order valence-corrected chi connectivity index (χ1v) is 8.46. The second-order valence-electron chi connectivity index (χ2n) is 5.41. The highest BCUT2D eigenvalue weighted by molar-refractivity contribution is 7.89. The zero-order valence-corrected chi connectivity index (χ0v) is 13.4. The number of sulfonamides is 1. The Bertz CT molecular complexity index is 689. The smallest absolute Gasteiger partial charge is 0.292 e. The molecular formula is C13H18FN3O5S. The summed E-state index contributed by atoms with van der Waals surface area (Å²) >= 11 is 0. The Kier molecular flexibility index (Phi) is 5.30. The fourth-order valence-corrected chi connectivity index (χ4v) is 4.04. The Morgan fingerprint density at radius 3 is 2.83 bits per heavy atom. The van der Waals surface area contributed by atoms with Crippen LogP contribution in [0.3, 0.4) is 0 Å². The first-order valence-electron chi connectivity index (χ1n) is 6.98. The second kappa shape index (κ2) is 6.87. The number of benzene rings is 1. The van der Waals surface area contributed by atoms with Gasteiger partial charge in [0.05, 0.1) is 17.1 Å². The molecule has 1 fully saturated rings. The number of methoxy groups -OCH3 is 1. The van der Waals surface area contributed by atoms with E-state index in [1.807, 2.05) is 0 Å². The van der Waals surface area contributed by atoms with Crippen molar-refractivity contribution in [1.29, 1.82) is 0 Å². The van der Waals surface area contributed by atoms with E-state index in [2.05, 4.69) is 10.0 Å². The van der Waals surface area contributed by atoms with Gasteiger partial charge in [-0.2, -0.15) is 0 Å². The average molecular weight is 347 g/mol. The average Bonchev–Trinajstić information content (AvgIpc) is 2.94. The van der Waals surface area contributed by atoms with Crippen LogP contribution in [0.5, 0.6) is 0 Å². The second-order valence-corrected chi connectivity index (χ2v) is 7.12. The fourth-order valence-electron chi connectivity index (χ4n) is 2.68. The van der Waals surface area contributed by atoms with Crippen LogP contribution in [0, 0.1) is 15.9 Å². The molecule has 0 saturated carbocycles. The van der Waals surface area contributed by atoms with Crippen LogP contribution in [0.4, 0.5) is 10.1 Å². The minimum absolute atomic E-state index is 0.0470. The molecule has 1 atom stereocenters. The Hall–Kier alpha value is -1.62. The molecule has 1 aromatic carbocycles. The van der Waals surface area contributed by atoms with Gasteiger partial charge in [-0.15, -0.1) is 0 Å². The molecule has 0 amide bonds. The molecule has 1 heterocycles. The monoisotopic (exact) mass is 347 g/mol. The third kappa shape index (κ3) is 3.83. The number of nitrogens with one attached hydrogen (secondary N) is 2. The maximum absolute atomic E-state index is 13.9. The molecule has 10 heteroatoms. The Balaban J connectivity index is 2.28. The van der Waals surface area contributed by atoms with Gasteiger partial charge in [0.1, 0.15) is 5.82 Å². The van der Waals surface area contributed by atoms with E-state index in [0.717, 1.165) is 24.6 Å². The summed E-state index contributed by atoms with van der Waals surface area (Å²) in [5.74, 6) is -1.16. The summed E-state index contributed by atoms with van der Waals surface area (Å²) in [6, 6.07) is 2.92. The summed E-state index contributed by atoms with van der Waals surface area (Å²) < 4.78 is 46.0. The topological polar surface area (TPSA) is 111 Å². The molecule has 1 saturated heterocycles. The van der Waals surface area contributed by atoms with Gasteiger partial charge in [-0.1, -0.05) is 6.07 Å². The van der Waals surface area contributed by atoms with Crippen molar-refractivity contribution >= 4 is 15.7 Å². The normalized spacial score (nSPS) is 21.5. The van der Waals surface area contributed by atoms with Gasteiger partial charge in [-0.25, -0.2) is 17.5 Å². The third-order valence-corrected chi connectivity index (χ3v) is 5.23. The van der Waals surface area contributed by atoms with Crippen molar-refractivity contribution in [3.63, 3.8) is 0 Å². The molecule has 128 valence electrons. The van der Waals surface area contributed by atoms with E-state index >= 15 is 0 Å². The van der Waals surface area contributed by atoms with Crippen molar-refractivity contribution in [3.05, 3.63) is 34.1 Å². The van der Waals surface area contributed by atoms with Gasteiger partial charge in [0.15, 0.2) is 4.90 Å². The Labute approximate surface area is 133 Å². The molecule has 1 unspecified atom stereocenters. The number of halogens is 1. The van der Waals surface area contributed by atoms with Crippen molar-refractivity contribution in [3.8, 4) is 0 Å². The molecule has 0 aromatic heterocycles. The first kappa shape index (κ1) is 17.7. The molecule has 2 N–H and O–H groups in total. The number of nitro benzene ring substituents is 1. The molecule has 8 nitrogen and oxygen atoms in total. The van der Waals surface area contributed by atoms with Crippen LogP contribution in [0.2, 0.25) is 0 Å². The standard InChI is InChI=1S/C13H18FN3O5S/c1-22-9-13(6-3-7-15-13)8-16-23(20,21)12-10(14)4-2-5-11(12)17(18)19/h2,4-5,15-16H,3,6-9H2,1H3. The van der Waals surface area contributed by atoms with E-state index in [-0.39, 0.29) is 13.2 Å². The van der Waals surface area contributed by atoms with Gasteiger partial charge in [0.25, 0.3) is 5.69 Å². The molecule has 2 rings (SSSR count). The molecule has 0 aliphatic carbocycles. The zero-order valence-electron chi connectivity index (χ0n) is 12.5. The zero-order chi connectivity index (χ0) is 17.1. The number of hydrogen-bond acceptors (Lipinski definition) is 6. The highest BCUT2D eigenvalue weighted by Gasteiger charge is 2.37. The van der Waals surface area contributed by atoms with Gasteiger partial charge in [0, 0.05) is 19.7 Å². The molecule has 0 bridgehead atoms. The summed E-state index contributed by atoms with van der Waals surface area (Å²) in [6.45, 7) is 0.939. The fraction of sp³-hybridized carbons (Fsp3) is 0.538. The summed E-state index contributed by atoms with van der Waals surface area (Å²) in [6.07, 6.45) is 1.54. The highest BCUT2D eigenvalue weighted by atomic mass is 32.2.